The van der Waals surface area contributed by atoms with Crippen LogP contribution in [0.4, 0.5) is 0 Å². The number of nitrogens with two attached hydrogens (primary N) is 1. The van der Waals surface area contributed by atoms with Gasteiger partial charge in [-0.15, -0.1) is 0 Å². The van der Waals surface area contributed by atoms with Gasteiger partial charge in [0.15, 0.2) is 0 Å². The van der Waals surface area contributed by atoms with E-state index in [1.165, 1.54) is 0 Å². The monoisotopic (exact) mass is 239 g/mol. The van der Waals surface area contributed by atoms with Crippen molar-refractivity contribution in [2.45, 2.75) is 45.1 Å². The number of aromatic nitrogens is 2. The van der Waals surface area contributed by atoms with Gasteiger partial charge < -0.3 is 10.8 Å². The predicted octanol–water partition coefficient (Wildman–Crippen LogP) is 1.58. The van der Waals surface area contributed by atoms with E-state index in [1.54, 1.807) is 4.68 Å². The summed E-state index contributed by atoms with van der Waals surface area (Å²) in [6.45, 7) is 6.22. The molecule has 0 bridgehead atoms. The highest BCUT2D eigenvalue weighted by atomic mass is 16.4. The second kappa shape index (κ2) is 4.87. The summed E-state index contributed by atoms with van der Waals surface area (Å²) in [4.78, 5) is 10.5. The standard InChI is InChI=1S/C12H21N3O2/c1-12(2,3)11-8(7-15(4)14-11)9(13)5-6-10(16)17/h7,9H,5-6,13H2,1-4H3,(H,16,17). The summed E-state index contributed by atoms with van der Waals surface area (Å²) in [5.74, 6) is -0.818. The average Bonchev–Trinajstić information content (AvgIpc) is 2.56. The highest BCUT2D eigenvalue weighted by Gasteiger charge is 2.25. The van der Waals surface area contributed by atoms with Crippen molar-refractivity contribution in [3.05, 3.63) is 17.5 Å². The summed E-state index contributed by atoms with van der Waals surface area (Å²) in [6, 6.07) is -0.269. The van der Waals surface area contributed by atoms with E-state index in [9.17, 15) is 4.79 Å². The SMILES string of the molecule is Cn1cc(C(N)CCC(=O)O)c(C(C)(C)C)n1. The zero-order chi connectivity index (χ0) is 13.2. The summed E-state index contributed by atoms with van der Waals surface area (Å²) >= 11 is 0. The third kappa shape index (κ3) is 3.56. The third-order valence-electron chi connectivity index (χ3n) is 2.64. The first-order chi connectivity index (χ1) is 7.71. The minimum Gasteiger partial charge on any atom is -0.481 e. The van der Waals surface area contributed by atoms with Gasteiger partial charge in [-0.2, -0.15) is 5.10 Å². The van der Waals surface area contributed by atoms with Crippen molar-refractivity contribution in [1.82, 2.24) is 9.78 Å². The molecule has 0 aliphatic heterocycles. The largest absolute Gasteiger partial charge is 0.481 e. The van der Waals surface area contributed by atoms with Gasteiger partial charge >= 0.3 is 5.97 Å². The molecule has 1 atom stereocenters. The zero-order valence-corrected chi connectivity index (χ0v) is 10.9. The lowest BCUT2D eigenvalue weighted by molar-refractivity contribution is -0.137. The number of carbonyl (C=O) groups is 1. The molecule has 0 saturated heterocycles. The van der Waals surface area contributed by atoms with Gasteiger partial charge in [0, 0.05) is 36.7 Å². The number of aryl methyl sites for hydroxylation is 1. The molecule has 0 amide bonds. The third-order valence-corrected chi connectivity index (χ3v) is 2.64. The van der Waals surface area contributed by atoms with Gasteiger partial charge in [0.05, 0.1) is 5.69 Å². The summed E-state index contributed by atoms with van der Waals surface area (Å²) in [5, 5.41) is 13.1. The topological polar surface area (TPSA) is 81.1 Å². The number of hydrogen-bond donors (Lipinski definition) is 2. The Labute approximate surface area is 102 Å². The van der Waals surface area contributed by atoms with Crippen LogP contribution in [0, 0.1) is 0 Å². The molecule has 17 heavy (non-hydrogen) atoms. The first-order valence-electron chi connectivity index (χ1n) is 5.73. The maximum atomic E-state index is 10.5. The molecule has 1 unspecified atom stereocenters. The van der Waals surface area contributed by atoms with Crippen LogP contribution in [-0.2, 0) is 17.3 Å². The highest BCUT2D eigenvalue weighted by Crippen LogP contribution is 2.29. The highest BCUT2D eigenvalue weighted by molar-refractivity contribution is 5.66. The average molecular weight is 239 g/mol. The Morgan fingerprint density at radius 1 is 1.59 bits per heavy atom. The van der Waals surface area contributed by atoms with Gasteiger partial charge in [-0.05, 0) is 6.42 Å². The van der Waals surface area contributed by atoms with Crippen molar-refractivity contribution in [1.29, 1.82) is 0 Å². The molecule has 5 nitrogen and oxygen atoms in total. The molecule has 0 spiro atoms. The van der Waals surface area contributed by atoms with E-state index in [1.807, 2.05) is 13.2 Å². The Bertz CT molecular complexity index is 404. The van der Waals surface area contributed by atoms with Crippen LogP contribution in [0.2, 0.25) is 0 Å². The Hall–Kier alpha value is -1.36. The number of hydrogen-bond acceptors (Lipinski definition) is 3. The molecule has 0 radical (unpaired) electrons. The van der Waals surface area contributed by atoms with Gasteiger partial charge in [-0.3, -0.25) is 9.48 Å². The fourth-order valence-electron chi connectivity index (χ4n) is 1.80. The molecule has 0 aliphatic rings. The van der Waals surface area contributed by atoms with Crippen LogP contribution in [0.15, 0.2) is 6.20 Å². The van der Waals surface area contributed by atoms with E-state index in [2.05, 4.69) is 25.9 Å². The molecule has 0 aromatic carbocycles. The van der Waals surface area contributed by atoms with E-state index in [-0.39, 0.29) is 17.9 Å². The number of carboxylic acids is 1. The van der Waals surface area contributed by atoms with Crippen LogP contribution < -0.4 is 5.73 Å². The first kappa shape index (κ1) is 13.7. The van der Waals surface area contributed by atoms with E-state index < -0.39 is 5.97 Å². The quantitative estimate of drug-likeness (QED) is 0.836. The lowest BCUT2D eigenvalue weighted by Crippen LogP contribution is -2.20. The Morgan fingerprint density at radius 3 is 2.65 bits per heavy atom. The summed E-state index contributed by atoms with van der Waals surface area (Å²) in [6.07, 6.45) is 2.40. The molecule has 0 saturated carbocycles. The Kier molecular flexibility index (Phi) is 3.93. The second-order valence-electron chi connectivity index (χ2n) is 5.40. The van der Waals surface area contributed by atoms with Crippen LogP contribution >= 0.6 is 0 Å². The second-order valence-corrected chi connectivity index (χ2v) is 5.40. The molecule has 1 rings (SSSR count). The van der Waals surface area contributed by atoms with Gasteiger partial charge in [0.1, 0.15) is 0 Å². The van der Waals surface area contributed by atoms with Crippen LogP contribution in [-0.4, -0.2) is 20.9 Å². The van der Waals surface area contributed by atoms with Crippen LogP contribution in [0.1, 0.15) is 50.9 Å². The van der Waals surface area contributed by atoms with Gasteiger partial charge in [-0.1, -0.05) is 20.8 Å². The van der Waals surface area contributed by atoms with Crippen LogP contribution in [0.5, 0.6) is 0 Å². The molecule has 1 heterocycles. The minimum absolute atomic E-state index is 0.0830. The Morgan fingerprint density at radius 2 is 2.18 bits per heavy atom. The number of aliphatic carboxylic acids is 1. The first-order valence-corrected chi connectivity index (χ1v) is 5.73. The van der Waals surface area contributed by atoms with Gasteiger partial charge in [-0.25, -0.2) is 0 Å². The molecule has 3 N–H and O–H groups in total. The molecule has 0 fully saturated rings. The predicted molar refractivity (Wildman–Crippen MR) is 65.7 cm³/mol. The summed E-state index contributed by atoms with van der Waals surface area (Å²) < 4.78 is 1.73. The van der Waals surface area contributed by atoms with E-state index in [0.29, 0.717) is 6.42 Å². The van der Waals surface area contributed by atoms with Crippen LogP contribution in [0.3, 0.4) is 0 Å². The Balaban J connectivity index is 2.93. The van der Waals surface area contributed by atoms with Gasteiger partial charge in [0.25, 0.3) is 0 Å². The number of rotatable bonds is 4. The molecule has 1 aromatic heterocycles. The van der Waals surface area contributed by atoms with Crippen molar-refractivity contribution in [3.8, 4) is 0 Å². The lowest BCUT2D eigenvalue weighted by atomic mass is 9.87. The summed E-state index contributed by atoms with van der Waals surface area (Å²) in [7, 11) is 1.85. The van der Waals surface area contributed by atoms with E-state index in [0.717, 1.165) is 11.3 Å². The maximum absolute atomic E-state index is 10.5. The minimum atomic E-state index is -0.818. The zero-order valence-electron chi connectivity index (χ0n) is 10.9. The maximum Gasteiger partial charge on any atom is 0.303 e. The van der Waals surface area contributed by atoms with Crippen molar-refractivity contribution >= 4 is 5.97 Å². The normalized spacial score (nSPS) is 13.7. The fourth-order valence-corrected chi connectivity index (χ4v) is 1.80. The van der Waals surface area contributed by atoms with E-state index >= 15 is 0 Å². The van der Waals surface area contributed by atoms with Crippen molar-refractivity contribution < 1.29 is 9.90 Å². The molecule has 96 valence electrons. The van der Waals surface area contributed by atoms with Crippen molar-refractivity contribution in [2.24, 2.45) is 12.8 Å². The van der Waals surface area contributed by atoms with Gasteiger partial charge in [0.2, 0.25) is 0 Å². The molecular formula is C12H21N3O2. The number of nitrogens with zero attached hydrogens (tertiary/aromatic N) is 2. The van der Waals surface area contributed by atoms with E-state index in [4.69, 9.17) is 10.8 Å². The molecule has 5 heteroatoms. The van der Waals surface area contributed by atoms with Crippen molar-refractivity contribution in [3.63, 3.8) is 0 Å². The van der Waals surface area contributed by atoms with Crippen LogP contribution in [0.25, 0.3) is 0 Å². The lowest BCUT2D eigenvalue weighted by Gasteiger charge is -2.20. The molecule has 1 aromatic rings. The molecular weight excluding hydrogens is 218 g/mol. The number of carboxylic acid groups (broad SMARTS) is 1. The van der Waals surface area contributed by atoms with Crippen molar-refractivity contribution in [2.75, 3.05) is 0 Å². The molecule has 0 aliphatic carbocycles. The summed E-state index contributed by atoms with van der Waals surface area (Å²) in [5.41, 5.74) is 7.84. The smallest absolute Gasteiger partial charge is 0.303 e. The fraction of sp³-hybridized carbons (Fsp3) is 0.667.